The number of benzene rings is 2. The highest BCUT2D eigenvalue weighted by Gasteiger charge is 2.28. The van der Waals surface area contributed by atoms with Crippen molar-refractivity contribution in [1.29, 1.82) is 0 Å². The minimum absolute atomic E-state index is 0.164. The lowest BCUT2D eigenvalue weighted by atomic mass is 10.1. The Kier molecular flexibility index (Phi) is 4.03. The molecule has 134 valence electrons. The third-order valence-corrected chi connectivity index (χ3v) is 6.24. The predicted octanol–water partition coefficient (Wildman–Crippen LogP) is 2.55. The average Bonchev–Trinajstić information content (AvgIpc) is 2.97. The van der Waals surface area contributed by atoms with Crippen molar-refractivity contribution in [3.63, 3.8) is 0 Å². The molecule has 2 aliphatic rings. The number of sulfone groups is 1. The Balaban J connectivity index is 1.51. The largest absolute Gasteiger partial charge is 0.368 e. The lowest BCUT2D eigenvalue weighted by Crippen LogP contribution is -2.49. The number of halogens is 1. The molecule has 0 atom stereocenters. The number of nitrogens with zero attached hydrogens (tertiary/aromatic N) is 2. The molecule has 2 aliphatic heterocycles. The zero-order valence-electron chi connectivity index (χ0n) is 13.9. The van der Waals surface area contributed by atoms with Crippen molar-refractivity contribution in [3.8, 4) is 0 Å². The van der Waals surface area contributed by atoms with E-state index in [0.29, 0.717) is 37.3 Å². The number of fused-ring (bicyclic) bond motifs is 1. The lowest BCUT2D eigenvalue weighted by Gasteiger charge is -2.36. The first-order chi connectivity index (χ1) is 12.5. The molecule has 5 nitrogen and oxygen atoms in total. The van der Waals surface area contributed by atoms with Crippen molar-refractivity contribution in [1.82, 2.24) is 4.90 Å². The first-order valence-corrected chi connectivity index (χ1v) is 9.86. The number of carbonyl (C=O) groups is 1. The second kappa shape index (κ2) is 6.25. The summed E-state index contributed by atoms with van der Waals surface area (Å²) in [6.45, 7) is 2.33. The number of hydrogen-bond acceptors (Lipinski definition) is 4. The number of amides is 1. The Bertz CT molecular complexity index is 992. The van der Waals surface area contributed by atoms with Crippen molar-refractivity contribution in [3.05, 3.63) is 64.8 Å². The fourth-order valence-corrected chi connectivity index (χ4v) is 4.59. The summed E-state index contributed by atoms with van der Waals surface area (Å²) in [5.41, 5.74) is 1.81. The lowest BCUT2D eigenvalue weighted by molar-refractivity contribution is 0.0746. The molecular formula is C19H17FN2O3S. The van der Waals surface area contributed by atoms with Crippen LogP contribution in [0.2, 0.25) is 0 Å². The van der Waals surface area contributed by atoms with Gasteiger partial charge in [-0.1, -0.05) is 6.07 Å². The van der Waals surface area contributed by atoms with Crippen LogP contribution >= 0.6 is 0 Å². The van der Waals surface area contributed by atoms with Crippen LogP contribution in [0.5, 0.6) is 0 Å². The zero-order valence-corrected chi connectivity index (χ0v) is 14.7. The third-order valence-electron chi connectivity index (χ3n) is 4.78. The summed E-state index contributed by atoms with van der Waals surface area (Å²) >= 11 is 0. The van der Waals surface area contributed by atoms with Crippen LogP contribution in [0.3, 0.4) is 0 Å². The van der Waals surface area contributed by atoms with Gasteiger partial charge in [-0.2, -0.15) is 0 Å². The van der Waals surface area contributed by atoms with Crippen molar-refractivity contribution in [2.75, 3.05) is 31.1 Å². The smallest absolute Gasteiger partial charge is 0.254 e. The van der Waals surface area contributed by atoms with Gasteiger partial charge in [-0.05, 0) is 42.5 Å². The number of piperazine rings is 1. The standard InChI is InChI=1S/C19H17FN2O3S/c20-14-4-6-15(7-5-14)21-9-11-22(12-10-21)19(23)17-2-1-3-18-16(17)8-13-26(18,24)25/h1-8,13H,9-12H2. The van der Waals surface area contributed by atoms with Gasteiger partial charge in [0.1, 0.15) is 5.82 Å². The Morgan fingerprint density at radius 3 is 2.35 bits per heavy atom. The second-order valence-electron chi connectivity index (χ2n) is 6.32. The summed E-state index contributed by atoms with van der Waals surface area (Å²) in [4.78, 5) is 16.9. The highest BCUT2D eigenvalue weighted by Crippen LogP contribution is 2.30. The molecule has 7 heteroatoms. The van der Waals surface area contributed by atoms with E-state index in [1.807, 2.05) is 0 Å². The van der Waals surface area contributed by atoms with Gasteiger partial charge in [0.25, 0.3) is 5.91 Å². The third kappa shape index (κ3) is 2.88. The first-order valence-electron chi connectivity index (χ1n) is 8.32. The molecular weight excluding hydrogens is 355 g/mol. The van der Waals surface area contributed by atoms with E-state index in [1.54, 1.807) is 29.2 Å². The maximum absolute atomic E-state index is 13.1. The van der Waals surface area contributed by atoms with Crippen molar-refractivity contribution < 1.29 is 17.6 Å². The summed E-state index contributed by atoms with van der Waals surface area (Å²) < 4.78 is 37.0. The molecule has 0 saturated carbocycles. The van der Waals surface area contributed by atoms with Gasteiger partial charge >= 0.3 is 0 Å². The summed E-state index contributed by atoms with van der Waals surface area (Å²) in [6.07, 6.45) is 1.49. The fourth-order valence-electron chi connectivity index (χ4n) is 3.37. The molecule has 0 aromatic heterocycles. The maximum atomic E-state index is 13.1. The number of carbonyl (C=O) groups excluding carboxylic acids is 1. The minimum Gasteiger partial charge on any atom is -0.368 e. The molecule has 0 bridgehead atoms. The SMILES string of the molecule is O=C(c1cccc2c1C=CS2(=O)=O)N1CCN(c2ccc(F)cc2)CC1. The quantitative estimate of drug-likeness (QED) is 0.813. The van der Waals surface area contributed by atoms with E-state index in [4.69, 9.17) is 0 Å². The van der Waals surface area contributed by atoms with Crippen molar-refractivity contribution in [2.45, 2.75) is 4.90 Å². The average molecular weight is 372 g/mol. The van der Waals surface area contributed by atoms with Gasteiger partial charge in [0.2, 0.25) is 0 Å². The second-order valence-corrected chi connectivity index (χ2v) is 8.12. The van der Waals surface area contributed by atoms with Gasteiger partial charge in [0, 0.05) is 48.4 Å². The molecule has 1 saturated heterocycles. The molecule has 2 aromatic carbocycles. The maximum Gasteiger partial charge on any atom is 0.254 e. The van der Waals surface area contributed by atoms with E-state index >= 15 is 0 Å². The molecule has 1 fully saturated rings. The van der Waals surface area contributed by atoms with Crippen molar-refractivity contribution >= 4 is 27.5 Å². The van der Waals surface area contributed by atoms with E-state index in [2.05, 4.69) is 4.90 Å². The Morgan fingerprint density at radius 2 is 1.65 bits per heavy atom. The van der Waals surface area contributed by atoms with E-state index in [1.165, 1.54) is 24.3 Å². The molecule has 0 aliphatic carbocycles. The molecule has 2 aromatic rings. The highest BCUT2D eigenvalue weighted by atomic mass is 32.2. The van der Waals surface area contributed by atoms with E-state index in [9.17, 15) is 17.6 Å². The molecule has 1 amide bonds. The van der Waals surface area contributed by atoms with Crippen LogP contribution in [0, 0.1) is 5.82 Å². The highest BCUT2D eigenvalue weighted by molar-refractivity contribution is 7.94. The Hall–Kier alpha value is -2.67. The van der Waals surface area contributed by atoms with Crippen LogP contribution in [0.25, 0.3) is 6.08 Å². The number of anilines is 1. The van der Waals surface area contributed by atoms with Crippen LogP contribution < -0.4 is 4.90 Å². The number of rotatable bonds is 2. The molecule has 2 heterocycles. The topological polar surface area (TPSA) is 57.7 Å². The molecule has 0 spiro atoms. The van der Waals surface area contributed by atoms with E-state index in [-0.39, 0.29) is 16.6 Å². The first kappa shape index (κ1) is 16.8. The van der Waals surface area contributed by atoms with Gasteiger partial charge < -0.3 is 9.80 Å². The summed E-state index contributed by atoms with van der Waals surface area (Å²) in [6, 6.07) is 11.1. The molecule has 4 rings (SSSR count). The Morgan fingerprint density at radius 1 is 0.962 bits per heavy atom. The van der Waals surface area contributed by atoms with E-state index in [0.717, 1.165) is 11.1 Å². The van der Waals surface area contributed by atoms with Gasteiger partial charge in [-0.3, -0.25) is 4.79 Å². The van der Waals surface area contributed by atoms with E-state index < -0.39 is 9.84 Å². The van der Waals surface area contributed by atoms with Crippen LogP contribution in [0.15, 0.2) is 52.8 Å². The summed E-state index contributed by atoms with van der Waals surface area (Å²) in [5, 5.41) is 1.14. The van der Waals surface area contributed by atoms with Crippen molar-refractivity contribution in [2.24, 2.45) is 0 Å². The van der Waals surface area contributed by atoms with Crippen LogP contribution in [0.1, 0.15) is 15.9 Å². The summed E-state index contributed by atoms with van der Waals surface area (Å²) in [7, 11) is -3.43. The van der Waals surface area contributed by atoms with Gasteiger partial charge in [-0.15, -0.1) is 0 Å². The van der Waals surface area contributed by atoms with Gasteiger partial charge in [-0.25, -0.2) is 12.8 Å². The van der Waals surface area contributed by atoms with Gasteiger partial charge in [0.05, 0.1) is 4.90 Å². The normalized spacial score (nSPS) is 18.0. The van der Waals surface area contributed by atoms with Crippen LogP contribution in [0.4, 0.5) is 10.1 Å². The van der Waals surface area contributed by atoms with Gasteiger partial charge in [0.15, 0.2) is 9.84 Å². The predicted molar refractivity (Wildman–Crippen MR) is 97.2 cm³/mol. The number of hydrogen-bond donors (Lipinski definition) is 0. The molecule has 0 unspecified atom stereocenters. The summed E-state index contributed by atoms with van der Waals surface area (Å²) in [5.74, 6) is -0.439. The van der Waals surface area contributed by atoms with Crippen LogP contribution in [-0.4, -0.2) is 45.4 Å². The molecule has 0 N–H and O–H groups in total. The minimum atomic E-state index is -3.43. The molecule has 26 heavy (non-hydrogen) atoms. The monoisotopic (exact) mass is 372 g/mol. The fraction of sp³-hybridized carbons (Fsp3) is 0.211. The molecule has 0 radical (unpaired) electrons. The zero-order chi connectivity index (χ0) is 18.3. The van der Waals surface area contributed by atoms with Crippen LogP contribution in [-0.2, 0) is 9.84 Å². The Labute approximate surface area is 151 Å².